The van der Waals surface area contributed by atoms with E-state index in [4.69, 9.17) is 0 Å². The fraction of sp³-hybridized carbons (Fsp3) is 0.889. The standard InChI is InChI=1S/C9H18N2O3S/c1-15(13,14)7-6-10-5-4-9(12)11-8-2-3-8/h8,10H,2-7H2,1H3,(H,11,12). The van der Waals surface area contributed by atoms with Crippen LogP contribution in [0.2, 0.25) is 0 Å². The first-order valence-corrected chi connectivity index (χ1v) is 7.21. The highest BCUT2D eigenvalue weighted by molar-refractivity contribution is 7.90. The molecule has 1 rings (SSSR count). The predicted molar refractivity (Wildman–Crippen MR) is 58.4 cm³/mol. The number of carbonyl (C=O) groups is 1. The zero-order chi connectivity index (χ0) is 11.3. The average molecular weight is 234 g/mol. The van der Waals surface area contributed by atoms with Crippen LogP contribution in [0.1, 0.15) is 19.3 Å². The Balaban J connectivity index is 1.94. The summed E-state index contributed by atoms with van der Waals surface area (Å²) < 4.78 is 21.5. The fourth-order valence-corrected chi connectivity index (χ4v) is 1.63. The van der Waals surface area contributed by atoms with E-state index in [1.54, 1.807) is 0 Å². The van der Waals surface area contributed by atoms with Gasteiger partial charge in [-0.05, 0) is 12.8 Å². The molecular weight excluding hydrogens is 216 g/mol. The summed E-state index contributed by atoms with van der Waals surface area (Å²) in [5.74, 6) is 0.168. The molecule has 15 heavy (non-hydrogen) atoms. The molecule has 0 unspecified atom stereocenters. The van der Waals surface area contributed by atoms with Crippen molar-refractivity contribution in [1.82, 2.24) is 10.6 Å². The normalized spacial score (nSPS) is 16.3. The summed E-state index contributed by atoms with van der Waals surface area (Å²) in [5, 5.41) is 5.79. The Morgan fingerprint density at radius 3 is 2.53 bits per heavy atom. The smallest absolute Gasteiger partial charge is 0.221 e. The summed E-state index contributed by atoms with van der Waals surface area (Å²) in [7, 11) is -2.90. The lowest BCUT2D eigenvalue weighted by Gasteiger charge is -2.04. The van der Waals surface area contributed by atoms with Crippen molar-refractivity contribution in [2.45, 2.75) is 25.3 Å². The monoisotopic (exact) mass is 234 g/mol. The molecule has 2 N–H and O–H groups in total. The van der Waals surface area contributed by atoms with E-state index >= 15 is 0 Å². The Labute approximate surface area is 90.5 Å². The van der Waals surface area contributed by atoms with Crippen molar-refractivity contribution in [2.24, 2.45) is 0 Å². The van der Waals surface area contributed by atoms with Crippen LogP contribution in [-0.4, -0.2) is 45.5 Å². The Morgan fingerprint density at radius 2 is 2.00 bits per heavy atom. The van der Waals surface area contributed by atoms with Gasteiger partial charge in [0, 0.05) is 31.8 Å². The van der Waals surface area contributed by atoms with Gasteiger partial charge in [-0.15, -0.1) is 0 Å². The summed E-state index contributed by atoms with van der Waals surface area (Å²) in [6.07, 6.45) is 3.80. The van der Waals surface area contributed by atoms with Crippen LogP contribution in [0.3, 0.4) is 0 Å². The van der Waals surface area contributed by atoms with Gasteiger partial charge in [0.15, 0.2) is 0 Å². The lowest BCUT2D eigenvalue weighted by molar-refractivity contribution is -0.121. The Kier molecular flexibility index (Phi) is 4.53. The molecule has 0 aliphatic heterocycles. The second-order valence-electron chi connectivity index (χ2n) is 3.97. The molecule has 88 valence electrons. The zero-order valence-electron chi connectivity index (χ0n) is 8.95. The third kappa shape index (κ3) is 7.33. The largest absolute Gasteiger partial charge is 0.353 e. The first-order chi connectivity index (χ1) is 6.97. The molecule has 0 aromatic carbocycles. The molecule has 0 atom stereocenters. The van der Waals surface area contributed by atoms with Gasteiger partial charge in [0.05, 0.1) is 5.75 Å². The van der Waals surface area contributed by atoms with E-state index in [1.807, 2.05) is 0 Å². The van der Waals surface area contributed by atoms with Gasteiger partial charge >= 0.3 is 0 Å². The average Bonchev–Trinajstić information content (AvgIpc) is 2.85. The van der Waals surface area contributed by atoms with Crippen LogP contribution in [0, 0.1) is 0 Å². The molecule has 5 nitrogen and oxygen atoms in total. The Hall–Kier alpha value is -0.620. The van der Waals surface area contributed by atoms with Crippen molar-refractivity contribution in [2.75, 3.05) is 25.1 Å². The second-order valence-corrected chi connectivity index (χ2v) is 6.23. The quantitative estimate of drug-likeness (QED) is 0.571. The number of sulfone groups is 1. The van der Waals surface area contributed by atoms with Gasteiger partial charge in [0.1, 0.15) is 9.84 Å². The summed E-state index contributed by atoms with van der Waals surface area (Å²) in [5.41, 5.74) is 0. The zero-order valence-corrected chi connectivity index (χ0v) is 9.77. The van der Waals surface area contributed by atoms with Crippen molar-refractivity contribution in [3.05, 3.63) is 0 Å². The minimum Gasteiger partial charge on any atom is -0.353 e. The van der Waals surface area contributed by atoms with Gasteiger partial charge in [-0.3, -0.25) is 4.79 Å². The molecule has 1 aliphatic rings. The van der Waals surface area contributed by atoms with Crippen molar-refractivity contribution in [1.29, 1.82) is 0 Å². The molecule has 0 bridgehead atoms. The van der Waals surface area contributed by atoms with Gasteiger partial charge in [-0.2, -0.15) is 0 Å². The molecule has 0 aromatic rings. The molecule has 0 aromatic heterocycles. The lowest BCUT2D eigenvalue weighted by atomic mass is 10.4. The van der Waals surface area contributed by atoms with Gasteiger partial charge < -0.3 is 10.6 Å². The minimum absolute atomic E-state index is 0.0457. The molecule has 0 saturated heterocycles. The van der Waals surface area contributed by atoms with Crippen LogP contribution >= 0.6 is 0 Å². The van der Waals surface area contributed by atoms with Crippen molar-refractivity contribution in [3.63, 3.8) is 0 Å². The molecule has 0 heterocycles. The van der Waals surface area contributed by atoms with Crippen LogP contribution in [-0.2, 0) is 14.6 Å². The lowest BCUT2D eigenvalue weighted by Crippen LogP contribution is -2.30. The Morgan fingerprint density at radius 1 is 1.33 bits per heavy atom. The van der Waals surface area contributed by atoms with Gasteiger partial charge in [-0.25, -0.2) is 8.42 Å². The van der Waals surface area contributed by atoms with Crippen LogP contribution in [0.15, 0.2) is 0 Å². The highest BCUT2D eigenvalue weighted by Gasteiger charge is 2.22. The summed E-state index contributed by atoms with van der Waals surface area (Å²) in [6, 6.07) is 0.397. The number of hydrogen-bond donors (Lipinski definition) is 2. The van der Waals surface area contributed by atoms with E-state index in [2.05, 4.69) is 10.6 Å². The number of amides is 1. The SMILES string of the molecule is CS(=O)(=O)CCNCCC(=O)NC1CC1. The summed E-state index contributed by atoms with van der Waals surface area (Å²) in [6.45, 7) is 0.948. The molecule has 0 radical (unpaired) electrons. The highest BCUT2D eigenvalue weighted by atomic mass is 32.2. The summed E-state index contributed by atoms with van der Waals surface area (Å²) >= 11 is 0. The minimum atomic E-state index is -2.90. The third-order valence-electron chi connectivity index (χ3n) is 2.12. The van der Waals surface area contributed by atoms with Crippen molar-refractivity contribution < 1.29 is 13.2 Å². The van der Waals surface area contributed by atoms with E-state index in [1.165, 1.54) is 6.26 Å². The number of carbonyl (C=O) groups excluding carboxylic acids is 1. The van der Waals surface area contributed by atoms with Gasteiger partial charge in [0.2, 0.25) is 5.91 Å². The van der Waals surface area contributed by atoms with Gasteiger partial charge in [-0.1, -0.05) is 0 Å². The number of nitrogens with one attached hydrogen (secondary N) is 2. The number of hydrogen-bond acceptors (Lipinski definition) is 4. The highest BCUT2D eigenvalue weighted by Crippen LogP contribution is 2.18. The molecule has 0 spiro atoms. The van der Waals surface area contributed by atoms with Crippen LogP contribution < -0.4 is 10.6 Å². The summed E-state index contributed by atoms with van der Waals surface area (Å²) in [4.78, 5) is 11.2. The maximum absolute atomic E-state index is 11.2. The third-order valence-corrected chi connectivity index (χ3v) is 3.07. The van der Waals surface area contributed by atoms with E-state index in [9.17, 15) is 13.2 Å². The van der Waals surface area contributed by atoms with E-state index in [0.717, 1.165) is 12.8 Å². The first kappa shape index (κ1) is 12.4. The second kappa shape index (κ2) is 5.46. The molecule has 1 fully saturated rings. The molecule has 6 heteroatoms. The molecule has 1 amide bonds. The Bertz CT molecular complexity index is 309. The topological polar surface area (TPSA) is 75.3 Å². The first-order valence-electron chi connectivity index (χ1n) is 5.15. The maximum Gasteiger partial charge on any atom is 0.221 e. The van der Waals surface area contributed by atoms with Gasteiger partial charge in [0.25, 0.3) is 0 Å². The van der Waals surface area contributed by atoms with Crippen LogP contribution in [0.25, 0.3) is 0 Å². The number of rotatable bonds is 7. The maximum atomic E-state index is 11.2. The molecule has 1 aliphatic carbocycles. The van der Waals surface area contributed by atoms with E-state index < -0.39 is 9.84 Å². The van der Waals surface area contributed by atoms with Crippen LogP contribution in [0.5, 0.6) is 0 Å². The molecule has 1 saturated carbocycles. The van der Waals surface area contributed by atoms with E-state index in [-0.39, 0.29) is 11.7 Å². The fourth-order valence-electron chi connectivity index (χ4n) is 1.11. The van der Waals surface area contributed by atoms with Crippen LogP contribution in [0.4, 0.5) is 0 Å². The van der Waals surface area contributed by atoms with Crippen molar-refractivity contribution >= 4 is 15.7 Å². The van der Waals surface area contributed by atoms with E-state index in [0.29, 0.717) is 25.6 Å². The predicted octanol–water partition coefficient (Wildman–Crippen LogP) is -0.711. The van der Waals surface area contributed by atoms with Crippen molar-refractivity contribution in [3.8, 4) is 0 Å². The molecular formula is C9H18N2O3S.